The molecule has 2 aromatic carbocycles. The van der Waals surface area contributed by atoms with E-state index >= 15 is 0 Å². The number of ether oxygens (including phenoxy) is 2. The largest absolute Gasteiger partial charge is 0.490 e. The number of piperidine rings is 2. The summed E-state index contributed by atoms with van der Waals surface area (Å²) in [4.78, 5) is 22.6. The lowest BCUT2D eigenvalue weighted by Crippen LogP contribution is -2.41. The highest BCUT2D eigenvalue weighted by molar-refractivity contribution is 6.15. The molecule has 0 radical (unpaired) electrons. The van der Waals surface area contributed by atoms with Crippen molar-refractivity contribution in [1.29, 1.82) is 0 Å². The van der Waals surface area contributed by atoms with Crippen LogP contribution in [0.1, 0.15) is 72.5 Å². The number of carbonyl (C=O) groups excluding carboxylic acids is 1. The zero-order chi connectivity index (χ0) is 24.4. The van der Waals surface area contributed by atoms with E-state index in [4.69, 9.17) is 14.5 Å². The molecule has 0 aromatic heterocycles. The molecule has 0 saturated carbocycles. The summed E-state index contributed by atoms with van der Waals surface area (Å²) in [6, 6.07) is 12.6. The normalized spacial score (nSPS) is 22.1. The van der Waals surface area contributed by atoms with Crippen molar-refractivity contribution in [3.05, 3.63) is 58.7 Å². The third-order valence-corrected chi connectivity index (χ3v) is 7.49. The number of rotatable bonds is 6. The van der Waals surface area contributed by atoms with E-state index in [1.807, 2.05) is 30.9 Å². The van der Waals surface area contributed by atoms with Gasteiger partial charge in [-0.1, -0.05) is 12.1 Å². The lowest BCUT2D eigenvalue weighted by atomic mass is 9.79. The Balaban J connectivity index is 1.52. The van der Waals surface area contributed by atoms with Gasteiger partial charge in [0.05, 0.1) is 25.0 Å². The molecule has 0 bridgehead atoms. The smallest absolute Gasteiger partial charge is 0.253 e. The lowest BCUT2D eigenvalue weighted by Gasteiger charge is -2.39. The van der Waals surface area contributed by atoms with Gasteiger partial charge >= 0.3 is 0 Å². The average molecular weight is 476 g/mol. The first kappa shape index (κ1) is 23.9. The minimum Gasteiger partial charge on any atom is -0.490 e. The average Bonchev–Trinajstić information content (AvgIpc) is 2.89. The Labute approximate surface area is 208 Å². The van der Waals surface area contributed by atoms with Crippen molar-refractivity contribution in [3.63, 3.8) is 0 Å². The number of nitrogens with zero attached hydrogens (tertiary/aromatic N) is 3. The molecule has 0 aliphatic carbocycles. The minimum absolute atomic E-state index is 0.137. The molecule has 2 aromatic rings. The number of carbonyl (C=O) groups is 1. The van der Waals surface area contributed by atoms with E-state index < -0.39 is 0 Å². The van der Waals surface area contributed by atoms with Crippen molar-refractivity contribution >= 4 is 11.6 Å². The quantitative estimate of drug-likeness (QED) is 0.605. The van der Waals surface area contributed by atoms with E-state index in [0.717, 1.165) is 79.3 Å². The second-order valence-corrected chi connectivity index (χ2v) is 9.88. The Morgan fingerprint density at radius 3 is 2.34 bits per heavy atom. The van der Waals surface area contributed by atoms with E-state index in [9.17, 15) is 4.79 Å². The number of benzene rings is 2. The zero-order valence-electron chi connectivity index (χ0n) is 21.3. The summed E-state index contributed by atoms with van der Waals surface area (Å²) >= 11 is 0. The number of hydrogen-bond donors (Lipinski definition) is 0. The molecule has 3 heterocycles. The van der Waals surface area contributed by atoms with E-state index in [1.165, 1.54) is 12.0 Å². The topological polar surface area (TPSA) is 54.4 Å². The van der Waals surface area contributed by atoms with Crippen LogP contribution >= 0.6 is 0 Å². The van der Waals surface area contributed by atoms with Gasteiger partial charge in [-0.05, 0) is 83.0 Å². The van der Waals surface area contributed by atoms with Crippen molar-refractivity contribution in [1.82, 2.24) is 9.80 Å². The number of fused-ring (bicyclic) bond motifs is 3. The molecule has 5 rings (SSSR count). The number of likely N-dealkylation sites (tertiary alicyclic amines) is 2. The maximum Gasteiger partial charge on any atom is 0.253 e. The molecule has 2 fully saturated rings. The molecule has 186 valence electrons. The van der Waals surface area contributed by atoms with Crippen molar-refractivity contribution < 1.29 is 14.3 Å². The Kier molecular flexibility index (Phi) is 7.09. The van der Waals surface area contributed by atoms with Crippen molar-refractivity contribution in [3.8, 4) is 11.5 Å². The molecule has 35 heavy (non-hydrogen) atoms. The van der Waals surface area contributed by atoms with Gasteiger partial charge in [-0.3, -0.25) is 9.79 Å². The Bertz CT molecular complexity index is 1090. The van der Waals surface area contributed by atoms with E-state index in [0.29, 0.717) is 19.1 Å². The first-order valence-electron chi connectivity index (χ1n) is 13.2. The Morgan fingerprint density at radius 2 is 1.66 bits per heavy atom. The van der Waals surface area contributed by atoms with Crippen LogP contribution in [0.15, 0.2) is 41.4 Å². The van der Waals surface area contributed by atoms with Gasteiger partial charge in [-0.15, -0.1) is 0 Å². The van der Waals surface area contributed by atoms with Crippen LogP contribution in [0.4, 0.5) is 0 Å². The van der Waals surface area contributed by atoms with Gasteiger partial charge in [-0.2, -0.15) is 0 Å². The van der Waals surface area contributed by atoms with Crippen LogP contribution in [-0.4, -0.2) is 73.9 Å². The summed E-state index contributed by atoms with van der Waals surface area (Å²) in [5.41, 5.74) is 5.19. The van der Waals surface area contributed by atoms with Crippen molar-refractivity contribution in [2.75, 3.05) is 46.4 Å². The summed E-state index contributed by atoms with van der Waals surface area (Å²) in [5.74, 6) is 2.05. The van der Waals surface area contributed by atoms with E-state index in [1.54, 1.807) is 0 Å². The van der Waals surface area contributed by atoms with Gasteiger partial charge in [0.2, 0.25) is 0 Å². The Hall–Kier alpha value is -2.86. The highest BCUT2D eigenvalue weighted by Crippen LogP contribution is 2.42. The van der Waals surface area contributed by atoms with Crippen LogP contribution in [0, 0.1) is 0 Å². The standard InChI is InChI=1S/C29H37N3O3/c1-4-34-26-17-22-23(18-27(26)35-5-2)28(30-25-13-16-31(3)19-24(22)25)20-9-11-21(12-10-20)29(33)32-14-7-6-8-15-32/h9-12,17-18,24-25H,4-8,13-16,19H2,1-3H3/t24-,25-/m0/s1. The van der Waals surface area contributed by atoms with Crippen molar-refractivity contribution in [2.45, 2.75) is 51.5 Å². The fourth-order valence-electron chi connectivity index (χ4n) is 5.70. The zero-order valence-corrected chi connectivity index (χ0v) is 21.3. The van der Waals surface area contributed by atoms with Crippen LogP contribution in [0.25, 0.3) is 0 Å². The monoisotopic (exact) mass is 475 g/mol. The molecule has 3 aliphatic rings. The lowest BCUT2D eigenvalue weighted by molar-refractivity contribution is 0.0724. The maximum atomic E-state index is 13.0. The number of hydrogen-bond acceptors (Lipinski definition) is 5. The highest BCUT2D eigenvalue weighted by atomic mass is 16.5. The van der Waals surface area contributed by atoms with Crippen LogP contribution in [0.3, 0.4) is 0 Å². The molecule has 6 heteroatoms. The maximum absolute atomic E-state index is 13.0. The molecule has 6 nitrogen and oxygen atoms in total. The SMILES string of the molecule is CCOc1cc2c(cc1OCC)[C@@H]1CN(C)CC[C@@H]1N=C2c1ccc(C(=O)N2CCCCC2)cc1. The predicted octanol–water partition coefficient (Wildman–Crippen LogP) is 4.75. The van der Waals surface area contributed by atoms with Gasteiger partial charge < -0.3 is 19.3 Å². The summed E-state index contributed by atoms with van der Waals surface area (Å²) in [7, 11) is 2.19. The van der Waals surface area contributed by atoms with Crippen molar-refractivity contribution in [2.24, 2.45) is 4.99 Å². The van der Waals surface area contributed by atoms with Crippen LogP contribution < -0.4 is 9.47 Å². The summed E-state index contributed by atoms with van der Waals surface area (Å²) in [6.07, 6.45) is 4.45. The second kappa shape index (κ2) is 10.4. The van der Waals surface area contributed by atoms with Gasteiger partial charge in [-0.25, -0.2) is 0 Å². The molecule has 0 unspecified atom stereocenters. The van der Waals surface area contributed by atoms with Crippen LogP contribution in [0.2, 0.25) is 0 Å². The van der Waals surface area contributed by atoms with E-state index in [-0.39, 0.29) is 11.9 Å². The number of aliphatic imine (C=N–C) groups is 1. The fourth-order valence-corrected chi connectivity index (χ4v) is 5.70. The first-order valence-corrected chi connectivity index (χ1v) is 13.2. The molecule has 0 spiro atoms. The predicted molar refractivity (Wildman–Crippen MR) is 139 cm³/mol. The van der Waals surface area contributed by atoms with Gasteiger partial charge in [0.25, 0.3) is 5.91 Å². The number of likely N-dealkylation sites (N-methyl/N-ethyl adjacent to an activating group) is 1. The van der Waals surface area contributed by atoms with Gasteiger partial charge in [0.1, 0.15) is 0 Å². The highest BCUT2D eigenvalue weighted by Gasteiger charge is 2.36. The summed E-state index contributed by atoms with van der Waals surface area (Å²) < 4.78 is 12.0. The van der Waals surface area contributed by atoms with Gasteiger partial charge in [0.15, 0.2) is 11.5 Å². The molecule has 0 N–H and O–H groups in total. The Morgan fingerprint density at radius 1 is 0.971 bits per heavy atom. The molecule has 3 aliphatic heterocycles. The second-order valence-electron chi connectivity index (χ2n) is 9.88. The van der Waals surface area contributed by atoms with E-state index in [2.05, 4.69) is 36.2 Å². The molecule has 1 amide bonds. The fraction of sp³-hybridized carbons (Fsp3) is 0.517. The van der Waals surface area contributed by atoms with Gasteiger partial charge in [0, 0.05) is 42.2 Å². The molecule has 2 saturated heterocycles. The molecular formula is C29H37N3O3. The summed E-state index contributed by atoms with van der Waals surface area (Å²) in [5, 5.41) is 0. The number of amides is 1. The third-order valence-electron chi connectivity index (χ3n) is 7.49. The summed E-state index contributed by atoms with van der Waals surface area (Å²) in [6.45, 7) is 8.93. The van der Waals surface area contributed by atoms with Crippen LogP contribution in [-0.2, 0) is 0 Å². The van der Waals surface area contributed by atoms with Crippen LogP contribution in [0.5, 0.6) is 11.5 Å². The molecular weight excluding hydrogens is 438 g/mol. The first-order chi connectivity index (χ1) is 17.1. The molecule has 2 atom stereocenters. The minimum atomic E-state index is 0.137. The third kappa shape index (κ3) is 4.81.